The molecule has 142 valence electrons. The summed E-state index contributed by atoms with van der Waals surface area (Å²) in [6.45, 7) is 1.45. The second-order valence-corrected chi connectivity index (χ2v) is 7.20. The van der Waals surface area contributed by atoms with Crippen LogP contribution in [0.4, 0.5) is 13.2 Å². The molecule has 0 atom stereocenters. The minimum absolute atomic E-state index is 0.0289. The van der Waals surface area contributed by atoms with E-state index in [2.05, 4.69) is 4.98 Å². The lowest BCUT2D eigenvalue weighted by molar-refractivity contribution is 0.432. The summed E-state index contributed by atoms with van der Waals surface area (Å²) in [5.41, 5.74) is -0.861. The highest BCUT2D eigenvalue weighted by molar-refractivity contribution is 7.17. The van der Waals surface area contributed by atoms with Crippen LogP contribution in [-0.2, 0) is 0 Å². The second kappa shape index (κ2) is 6.42. The first-order chi connectivity index (χ1) is 13.3. The predicted octanol–water partition coefficient (Wildman–Crippen LogP) is 5.06. The topological polar surface area (TPSA) is 73.3 Å². The van der Waals surface area contributed by atoms with Gasteiger partial charge in [0.2, 0.25) is 0 Å². The minimum Gasteiger partial charge on any atom is -0.506 e. The average molecular weight is 403 g/mol. The maximum Gasteiger partial charge on any atom is 0.260 e. The van der Waals surface area contributed by atoms with Gasteiger partial charge in [0.25, 0.3) is 5.56 Å². The number of hydrogen-bond acceptors (Lipinski definition) is 4. The number of fused-ring (bicyclic) bond motifs is 1. The first-order valence-corrected chi connectivity index (χ1v) is 8.93. The summed E-state index contributed by atoms with van der Waals surface area (Å²) in [7, 11) is 0. The molecule has 2 aromatic heterocycles. The van der Waals surface area contributed by atoms with Crippen LogP contribution >= 0.6 is 11.3 Å². The van der Waals surface area contributed by atoms with Crippen molar-refractivity contribution in [2.45, 2.75) is 6.92 Å². The first-order valence-electron chi connectivity index (χ1n) is 8.11. The van der Waals surface area contributed by atoms with Crippen molar-refractivity contribution < 1.29 is 23.4 Å². The summed E-state index contributed by atoms with van der Waals surface area (Å²) < 4.78 is 42.0. The number of phenolic OH excluding ortho intramolecular Hbond substituents is 1. The molecule has 4 aromatic rings. The molecule has 4 nitrogen and oxygen atoms in total. The molecule has 0 aliphatic heterocycles. The summed E-state index contributed by atoms with van der Waals surface area (Å²) in [6, 6.07) is 7.55. The van der Waals surface area contributed by atoms with E-state index in [0.29, 0.717) is 11.3 Å². The summed E-state index contributed by atoms with van der Waals surface area (Å²) in [4.78, 5) is 14.9. The molecule has 0 fully saturated rings. The van der Waals surface area contributed by atoms with E-state index >= 15 is 0 Å². The van der Waals surface area contributed by atoms with E-state index in [1.165, 1.54) is 31.2 Å². The van der Waals surface area contributed by atoms with Crippen molar-refractivity contribution >= 4 is 21.6 Å². The van der Waals surface area contributed by atoms with Gasteiger partial charge in [-0.2, -0.15) is 4.39 Å². The Morgan fingerprint density at radius 2 is 1.61 bits per heavy atom. The van der Waals surface area contributed by atoms with Crippen LogP contribution < -0.4 is 5.56 Å². The second-order valence-electron chi connectivity index (χ2n) is 6.23. The highest BCUT2D eigenvalue weighted by atomic mass is 32.1. The fourth-order valence-electron chi connectivity index (χ4n) is 3.11. The highest BCUT2D eigenvalue weighted by Gasteiger charge is 2.25. The summed E-state index contributed by atoms with van der Waals surface area (Å²) in [5, 5.41) is 20.1. The maximum atomic E-state index is 14.7. The van der Waals surface area contributed by atoms with Crippen LogP contribution in [-0.4, -0.2) is 15.2 Å². The molecule has 2 aromatic carbocycles. The molecule has 0 radical (unpaired) electrons. The SMILES string of the molecule is Cc1ccc(-c2c(F)sc3[nH]c(=O)c(-c4ccc(F)cc4)c(O)c23)c(O)c1F. The van der Waals surface area contributed by atoms with E-state index < -0.39 is 33.8 Å². The minimum atomic E-state index is -0.904. The number of pyridine rings is 1. The van der Waals surface area contributed by atoms with Gasteiger partial charge in [-0.05, 0) is 30.2 Å². The monoisotopic (exact) mass is 403 g/mol. The number of aromatic amines is 1. The number of rotatable bonds is 2. The van der Waals surface area contributed by atoms with Gasteiger partial charge in [-0.1, -0.05) is 35.6 Å². The van der Waals surface area contributed by atoms with Crippen LogP contribution in [0.5, 0.6) is 11.5 Å². The van der Waals surface area contributed by atoms with Crippen molar-refractivity contribution in [3.8, 4) is 33.8 Å². The highest BCUT2D eigenvalue weighted by Crippen LogP contribution is 2.46. The Morgan fingerprint density at radius 1 is 0.929 bits per heavy atom. The number of thiophene rings is 1. The lowest BCUT2D eigenvalue weighted by Gasteiger charge is -2.10. The summed E-state index contributed by atoms with van der Waals surface area (Å²) in [6.07, 6.45) is 0. The van der Waals surface area contributed by atoms with Crippen LogP contribution in [0.1, 0.15) is 5.56 Å². The molecule has 0 aliphatic carbocycles. The van der Waals surface area contributed by atoms with Crippen LogP contribution in [0.2, 0.25) is 0 Å². The number of halogens is 3. The molecule has 0 saturated carbocycles. The zero-order valence-corrected chi connectivity index (χ0v) is 15.1. The molecule has 2 heterocycles. The molecule has 0 spiro atoms. The average Bonchev–Trinajstić information content (AvgIpc) is 2.97. The van der Waals surface area contributed by atoms with Gasteiger partial charge in [0, 0.05) is 11.1 Å². The quantitative estimate of drug-likeness (QED) is 0.438. The number of hydrogen-bond donors (Lipinski definition) is 3. The Kier molecular flexibility index (Phi) is 4.15. The van der Waals surface area contributed by atoms with Crippen molar-refractivity contribution in [3.05, 3.63) is 69.1 Å². The van der Waals surface area contributed by atoms with Crippen molar-refractivity contribution in [2.75, 3.05) is 0 Å². The standard InChI is InChI=1S/C20H12F3NO3S/c1-8-2-7-11(16(25)15(8)22)13-14-17(26)12(9-3-5-10(21)6-4-9)19(27)24-20(14)28-18(13)23/h2-7,25H,1H3,(H2,24,26,27). The van der Waals surface area contributed by atoms with E-state index in [4.69, 9.17) is 0 Å². The molecular formula is C20H12F3NO3S. The Hall–Kier alpha value is -3.26. The van der Waals surface area contributed by atoms with Crippen molar-refractivity contribution in [1.82, 2.24) is 4.98 Å². The number of nitrogens with one attached hydrogen (secondary N) is 1. The third kappa shape index (κ3) is 2.65. The lowest BCUT2D eigenvalue weighted by atomic mass is 9.99. The number of phenols is 1. The Morgan fingerprint density at radius 3 is 2.29 bits per heavy atom. The van der Waals surface area contributed by atoms with Crippen LogP contribution in [0.3, 0.4) is 0 Å². The molecular weight excluding hydrogens is 391 g/mol. The number of H-pyrrole nitrogens is 1. The van der Waals surface area contributed by atoms with Crippen LogP contribution in [0, 0.1) is 23.7 Å². The molecule has 0 aliphatic rings. The molecule has 28 heavy (non-hydrogen) atoms. The van der Waals surface area contributed by atoms with Gasteiger partial charge in [-0.25, -0.2) is 8.78 Å². The maximum absolute atomic E-state index is 14.7. The molecule has 0 amide bonds. The van der Waals surface area contributed by atoms with E-state index in [-0.39, 0.29) is 38.0 Å². The van der Waals surface area contributed by atoms with Gasteiger partial charge in [0.1, 0.15) is 16.4 Å². The Labute approximate surface area is 160 Å². The van der Waals surface area contributed by atoms with Gasteiger partial charge in [-0.15, -0.1) is 0 Å². The van der Waals surface area contributed by atoms with E-state index in [0.717, 1.165) is 12.1 Å². The van der Waals surface area contributed by atoms with Gasteiger partial charge in [0.05, 0.1) is 10.9 Å². The smallest absolute Gasteiger partial charge is 0.260 e. The normalized spacial score (nSPS) is 11.3. The number of aryl methyl sites for hydroxylation is 1. The number of aromatic hydroxyl groups is 2. The fraction of sp³-hybridized carbons (Fsp3) is 0.0500. The fourth-order valence-corrected chi connectivity index (χ4v) is 4.05. The summed E-state index contributed by atoms with van der Waals surface area (Å²) >= 11 is 0.551. The van der Waals surface area contributed by atoms with E-state index in [1.54, 1.807) is 0 Å². The van der Waals surface area contributed by atoms with Crippen LogP contribution in [0.15, 0.2) is 41.2 Å². The zero-order chi connectivity index (χ0) is 20.2. The number of aromatic nitrogens is 1. The van der Waals surface area contributed by atoms with Crippen molar-refractivity contribution in [1.29, 1.82) is 0 Å². The Balaban J connectivity index is 2.09. The van der Waals surface area contributed by atoms with Gasteiger partial charge < -0.3 is 15.2 Å². The van der Waals surface area contributed by atoms with Gasteiger partial charge >= 0.3 is 0 Å². The molecule has 0 saturated heterocycles. The molecule has 3 N–H and O–H groups in total. The lowest BCUT2D eigenvalue weighted by Crippen LogP contribution is -2.08. The molecule has 0 bridgehead atoms. The van der Waals surface area contributed by atoms with Crippen LogP contribution in [0.25, 0.3) is 32.5 Å². The zero-order valence-electron chi connectivity index (χ0n) is 14.3. The number of benzene rings is 2. The molecule has 8 heteroatoms. The third-order valence-corrected chi connectivity index (χ3v) is 5.40. The largest absolute Gasteiger partial charge is 0.506 e. The Bertz CT molecular complexity index is 1290. The third-order valence-electron chi connectivity index (χ3n) is 4.50. The van der Waals surface area contributed by atoms with Crippen molar-refractivity contribution in [3.63, 3.8) is 0 Å². The van der Waals surface area contributed by atoms with E-state index in [9.17, 15) is 28.2 Å². The molecule has 0 unspecified atom stereocenters. The van der Waals surface area contributed by atoms with E-state index in [1.807, 2.05) is 0 Å². The summed E-state index contributed by atoms with van der Waals surface area (Å²) in [5.74, 6) is -2.73. The van der Waals surface area contributed by atoms with Gasteiger partial charge in [0.15, 0.2) is 16.7 Å². The predicted molar refractivity (Wildman–Crippen MR) is 101 cm³/mol. The molecule has 4 rings (SSSR count). The first kappa shape index (κ1) is 18.1. The van der Waals surface area contributed by atoms with Crippen molar-refractivity contribution in [2.24, 2.45) is 0 Å². The van der Waals surface area contributed by atoms with Gasteiger partial charge in [-0.3, -0.25) is 4.79 Å².